The average Bonchev–Trinajstić information content (AvgIpc) is 2.98. The molecule has 0 aliphatic carbocycles. The fourth-order valence-electron chi connectivity index (χ4n) is 2.65. The molecule has 0 spiro atoms. The molecule has 2 rings (SSSR count). The first-order chi connectivity index (χ1) is 12.0. The lowest BCUT2D eigenvalue weighted by Gasteiger charge is -2.23. The Morgan fingerprint density at radius 1 is 1.36 bits per heavy atom. The van der Waals surface area contributed by atoms with Gasteiger partial charge in [-0.05, 0) is 44.6 Å². The summed E-state index contributed by atoms with van der Waals surface area (Å²) >= 11 is 0. The molecule has 0 saturated carbocycles. The molecule has 1 aromatic heterocycles. The Bertz CT molecular complexity index is 686. The number of benzene rings is 1. The molecular weight excluding hydrogens is 321 g/mol. The predicted octanol–water partition coefficient (Wildman–Crippen LogP) is 2.09. The van der Waals surface area contributed by atoms with E-state index in [0.29, 0.717) is 13.1 Å². The summed E-state index contributed by atoms with van der Waals surface area (Å²) in [4.78, 5) is 14.0. The number of rotatable bonds is 8. The molecule has 2 aromatic rings. The summed E-state index contributed by atoms with van der Waals surface area (Å²) in [5.74, 6) is -0.228. The van der Waals surface area contributed by atoms with Crippen molar-refractivity contribution in [2.75, 3.05) is 27.2 Å². The van der Waals surface area contributed by atoms with Gasteiger partial charge in [-0.3, -0.25) is 4.68 Å². The van der Waals surface area contributed by atoms with E-state index in [4.69, 9.17) is 0 Å². The first-order valence-corrected chi connectivity index (χ1v) is 8.37. The topological polar surface area (TPSA) is 62.2 Å². The molecule has 2 N–H and O–H groups in total. The van der Waals surface area contributed by atoms with Crippen LogP contribution in [-0.4, -0.2) is 47.9 Å². The van der Waals surface area contributed by atoms with E-state index < -0.39 is 0 Å². The van der Waals surface area contributed by atoms with Gasteiger partial charge in [0.2, 0.25) is 0 Å². The molecule has 2 amide bonds. The Morgan fingerprint density at radius 3 is 2.80 bits per heavy atom. The molecule has 136 valence electrons. The van der Waals surface area contributed by atoms with Gasteiger partial charge >= 0.3 is 6.03 Å². The summed E-state index contributed by atoms with van der Waals surface area (Å²) < 4.78 is 14.8. The molecule has 6 nitrogen and oxygen atoms in total. The molecular formula is C18H26FN5O. The van der Waals surface area contributed by atoms with E-state index >= 15 is 0 Å². The van der Waals surface area contributed by atoms with Crippen LogP contribution in [0.4, 0.5) is 9.18 Å². The highest BCUT2D eigenvalue weighted by Crippen LogP contribution is 2.15. The third-order valence-corrected chi connectivity index (χ3v) is 4.01. The van der Waals surface area contributed by atoms with Crippen LogP contribution in [-0.2, 0) is 13.5 Å². The number of carbonyl (C=O) groups is 1. The van der Waals surface area contributed by atoms with Crippen molar-refractivity contribution in [3.8, 4) is 0 Å². The van der Waals surface area contributed by atoms with Gasteiger partial charge in [-0.1, -0.05) is 12.1 Å². The van der Waals surface area contributed by atoms with E-state index in [1.807, 2.05) is 44.5 Å². The first-order valence-electron chi connectivity index (χ1n) is 8.37. The van der Waals surface area contributed by atoms with Gasteiger partial charge in [-0.15, -0.1) is 0 Å². The number of hydrogen-bond donors (Lipinski definition) is 2. The lowest BCUT2D eigenvalue weighted by atomic mass is 10.1. The van der Waals surface area contributed by atoms with Crippen molar-refractivity contribution in [2.24, 2.45) is 7.05 Å². The van der Waals surface area contributed by atoms with Crippen LogP contribution in [0.3, 0.4) is 0 Å². The molecule has 0 saturated heterocycles. The van der Waals surface area contributed by atoms with Crippen LogP contribution in [0.25, 0.3) is 0 Å². The molecule has 1 aromatic carbocycles. The fourth-order valence-corrected chi connectivity index (χ4v) is 2.65. The number of urea groups is 1. The normalized spacial score (nSPS) is 12.2. The SMILES string of the molecule is CN(C)C(CNC(=O)NCCCc1cccc(F)c1)c1cnn(C)c1. The summed E-state index contributed by atoms with van der Waals surface area (Å²) in [6.07, 6.45) is 5.25. The van der Waals surface area contributed by atoms with E-state index in [9.17, 15) is 9.18 Å². The second kappa shape index (κ2) is 9.17. The number of amides is 2. The predicted molar refractivity (Wildman–Crippen MR) is 95.8 cm³/mol. The Hall–Kier alpha value is -2.41. The molecule has 0 aliphatic rings. The van der Waals surface area contributed by atoms with Crippen molar-refractivity contribution in [1.82, 2.24) is 25.3 Å². The summed E-state index contributed by atoms with van der Waals surface area (Å²) in [6, 6.07) is 6.40. The van der Waals surface area contributed by atoms with Crippen LogP contribution in [0, 0.1) is 5.82 Å². The van der Waals surface area contributed by atoms with Gasteiger partial charge in [0.1, 0.15) is 5.82 Å². The van der Waals surface area contributed by atoms with Crippen LogP contribution in [0.2, 0.25) is 0 Å². The van der Waals surface area contributed by atoms with E-state index in [1.54, 1.807) is 10.7 Å². The highest BCUT2D eigenvalue weighted by Gasteiger charge is 2.16. The van der Waals surface area contributed by atoms with Crippen LogP contribution in [0.1, 0.15) is 23.6 Å². The minimum atomic E-state index is -0.228. The molecule has 1 heterocycles. The highest BCUT2D eigenvalue weighted by atomic mass is 19.1. The molecule has 0 fully saturated rings. The summed E-state index contributed by atoms with van der Waals surface area (Å²) in [5.41, 5.74) is 1.99. The zero-order valence-electron chi connectivity index (χ0n) is 15.0. The second-order valence-corrected chi connectivity index (χ2v) is 6.30. The van der Waals surface area contributed by atoms with E-state index in [0.717, 1.165) is 24.0 Å². The lowest BCUT2D eigenvalue weighted by Crippen LogP contribution is -2.40. The molecule has 1 atom stereocenters. The average molecular weight is 347 g/mol. The number of aromatic nitrogens is 2. The number of nitrogens with zero attached hydrogens (tertiary/aromatic N) is 3. The molecule has 25 heavy (non-hydrogen) atoms. The Morgan fingerprint density at radius 2 is 2.16 bits per heavy atom. The van der Waals surface area contributed by atoms with Crippen molar-refractivity contribution in [1.29, 1.82) is 0 Å². The third kappa shape index (κ3) is 6.19. The number of hydrogen-bond acceptors (Lipinski definition) is 3. The zero-order valence-corrected chi connectivity index (χ0v) is 15.0. The van der Waals surface area contributed by atoms with Crippen LogP contribution in [0.15, 0.2) is 36.7 Å². The number of nitrogens with one attached hydrogen (secondary N) is 2. The van der Waals surface area contributed by atoms with Gasteiger partial charge in [0.25, 0.3) is 0 Å². The van der Waals surface area contributed by atoms with E-state index in [-0.39, 0.29) is 17.9 Å². The molecule has 0 aliphatic heterocycles. The number of halogens is 1. The maximum absolute atomic E-state index is 13.1. The molecule has 7 heteroatoms. The van der Waals surface area contributed by atoms with Crippen LogP contribution in [0.5, 0.6) is 0 Å². The number of likely N-dealkylation sites (N-methyl/N-ethyl adjacent to an activating group) is 1. The second-order valence-electron chi connectivity index (χ2n) is 6.30. The Kier molecular flexibility index (Phi) is 6.94. The zero-order chi connectivity index (χ0) is 18.2. The Balaban J connectivity index is 1.70. The summed E-state index contributed by atoms with van der Waals surface area (Å²) in [5, 5.41) is 9.90. The lowest BCUT2D eigenvalue weighted by molar-refractivity contribution is 0.232. The summed E-state index contributed by atoms with van der Waals surface area (Å²) in [7, 11) is 5.81. The van der Waals surface area contributed by atoms with Crippen molar-refractivity contribution in [2.45, 2.75) is 18.9 Å². The minimum Gasteiger partial charge on any atom is -0.338 e. The standard InChI is InChI=1S/C18H26FN5O/c1-23(2)17(15-11-22-24(3)13-15)12-21-18(25)20-9-5-7-14-6-4-8-16(19)10-14/h4,6,8,10-11,13,17H,5,7,9,12H2,1-3H3,(H2,20,21,25). The highest BCUT2D eigenvalue weighted by molar-refractivity contribution is 5.73. The van der Waals surface area contributed by atoms with Gasteiger partial charge in [0.15, 0.2) is 0 Å². The van der Waals surface area contributed by atoms with Gasteiger partial charge in [0, 0.05) is 31.9 Å². The van der Waals surface area contributed by atoms with Gasteiger partial charge in [-0.25, -0.2) is 9.18 Å². The van der Waals surface area contributed by atoms with Crippen LogP contribution >= 0.6 is 0 Å². The largest absolute Gasteiger partial charge is 0.338 e. The van der Waals surface area contributed by atoms with Crippen molar-refractivity contribution >= 4 is 6.03 Å². The molecule has 0 radical (unpaired) electrons. The van der Waals surface area contributed by atoms with Crippen molar-refractivity contribution in [3.05, 3.63) is 53.6 Å². The van der Waals surface area contributed by atoms with Crippen molar-refractivity contribution < 1.29 is 9.18 Å². The van der Waals surface area contributed by atoms with Gasteiger partial charge in [0.05, 0.1) is 12.2 Å². The van der Waals surface area contributed by atoms with E-state index in [2.05, 4.69) is 15.7 Å². The van der Waals surface area contributed by atoms with Crippen molar-refractivity contribution in [3.63, 3.8) is 0 Å². The maximum atomic E-state index is 13.1. The minimum absolute atomic E-state index is 0.0618. The van der Waals surface area contributed by atoms with Gasteiger partial charge in [-0.2, -0.15) is 5.10 Å². The van der Waals surface area contributed by atoms with Crippen LogP contribution < -0.4 is 10.6 Å². The first kappa shape index (κ1) is 18.9. The third-order valence-electron chi connectivity index (χ3n) is 4.01. The molecule has 0 bridgehead atoms. The van der Waals surface area contributed by atoms with Gasteiger partial charge < -0.3 is 15.5 Å². The Labute approximate surface area is 148 Å². The summed E-state index contributed by atoms with van der Waals surface area (Å²) in [6.45, 7) is 1.04. The smallest absolute Gasteiger partial charge is 0.314 e. The number of aryl methyl sites for hydroxylation is 2. The number of carbonyl (C=O) groups excluding carboxylic acids is 1. The maximum Gasteiger partial charge on any atom is 0.314 e. The fraction of sp³-hybridized carbons (Fsp3) is 0.444. The monoisotopic (exact) mass is 347 g/mol. The molecule has 1 unspecified atom stereocenters. The van der Waals surface area contributed by atoms with E-state index in [1.165, 1.54) is 12.1 Å². The quantitative estimate of drug-likeness (QED) is 0.719.